The lowest BCUT2D eigenvalue weighted by Gasteiger charge is -2.08. The Morgan fingerprint density at radius 2 is 1.90 bits per heavy atom. The molecule has 1 N–H and O–H groups in total. The predicted molar refractivity (Wildman–Crippen MR) is 66.5 cm³/mol. The Bertz CT molecular complexity index is 686. The molecule has 2 aromatic carbocycles. The Labute approximate surface area is 112 Å². The van der Waals surface area contributed by atoms with Crippen molar-refractivity contribution in [3.63, 3.8) is 0 Å². The van der Waals surface area contributed by atoms with Crippen molar-refractivity contribution in [2.24, 2.45) is 0 Å². The SMILES string of the molecule is O=C(O)c1ccc(F)cc1Oc1ccccc1[N+](=O)[O-]. The zero-order chi connectivity index (χ0) is 14.7. The van der Waals surface area contributed by atoms with Gasteiger partial charge in [-0.15, -0.1) is 0 Å². The van der Waals surface area contributed by atoms with Gasteiger partial charge in [0.05, 0.1) is 4.92 Å². The molecule has 2 aromatic rings. The zero-order valence-corrected chi connectivity index (χ0v) is 9.95. The first-order chi connectivity index (χ1) is 9.49. The Morgan fingerprint density at radius 1 is 1.20 bits per heavy atom. The van der Waals surface area contributed by atoms with E-state index in [1.165, 1.54) is 24.3 Å². The van der Waals surface area contributed by atoms with E-state index in [0.717, 1.165) is 18.2 Å². The predicted octanol–water partition coefficient (Wildman–Crippen LogP) is 3.22. The van der Waals surface area contributed by atoms with E-state index in [2.05, 4.69) is 0 Å². The van der Waals surface area contributed by atoms with Crippen LogP contribution in [0.2, 0.25) is 0 Å². The summed E-state index contributed by atoms with van der Waals surface area (Å²) in [6.45, 7) is 0. The molecular weight excluding hydrogens is 269 g/mol. The van der Waals surface area contributed by atoms with Crippen LogP contribution < -0.4 is 4.74 Å². The average molecular weight is 277 g/mol. The van der Waals surface area contributed by atoms with Crippen LogP contribution in [0.5, 0.6) is 11.5 Å². The minimum Gasteiger partial charge on any atom is -0.478 e. The van der Waals surface area contributed by atoms with Crippen molar-refractivity contribution < 1.29 is 24.0 Å². The minimum atomic E-state index is -1.32. The first-order valence-corrected chi connectivity index (χ1v) is 5.43. The smallest absolute Gasteiger partial charge is 0.339 e. The van der Waals surface area contributed by atoms with Gasteiger partial charge in [-0.25, -0.2) is 9.18 Å². The second-order valence-corrected chi connectivity index (χ2v) is 3.77. The molecular formula is C13H8FNO5. The lowest BCUT2D eigenvalue weighted by molar-refractivity contribution is -0.385. The van der Waals surface area contributed by atoms with Gasteiger partial charge in [0.25, 0.3) is 0 Å². The fourth-order valence-electron chi connectivity index (χ4n) is 1.57. The van der Waals surface area contributed by atoms with Crippen LogP contribution in [0.15, 0.2) is 42.5 Å². The van der Waals surface area contributed by atoms with E-state index in [9.17, 15) is 19.3 Å². The number of rotatable bonds is 4. The number of carboxylic acids is 1. The van der Waals surface area contributed by atoms with Crippen molar-refractivity contribution in [2.75, 3.05) is 0 Å². The highest BCUT2D eigenvalue weighted by Gasteiger charge is 2.18. The summed E-state index contributed by atoms with van der Waals surface area (Å²) in [5.41, 5.74) is -0.627. The van der Waals surface area contributed by atoms with Gasteiger partial charge in [-0.3, -0.25) is 10.1 Å². The molecule has 0 heterocycles. The van der Waals surface area contributed by atoms with Crippen molar-refractivity contribution in [1.82, 2.24) is 0 Å². The molecule has 6 nitrogen and oxygen atoms in total. The molecule has 0 unspecified atom stereocenters. The van der Waals surface area contributed by atoms with Gasteiger partial charge in [-0.2, -0.15) is 0 Å². The lowest BCUT2D eigenvalue weighted by Crippen LogP contribution is -2.01. The third-order valence-electron chi connectivity index (χ3n) is 2.46. The molecule has 0 fully saturated rings. The van der Waals surface area contributed by atoms with E-state index in [1.807, 2.05) is 0 Å². The monoisotopic (exact) mass is 277 g/mol. The maximum absolute atomic E-state index is 13.2. The lowest BCUT2D eigenvalue weighted by atomic mass is 10.2. The van der Waals surface area contributed by atoms with Gasteiger partial charge in [-0.05, 0) is 18.2 Å². The van der Waals surface area contributed by atoms with E-state index in [-0.39, 0.29) is 22.7 Å². The topological polar surface area (TPSA) is 89.7 Å². The number of nitro groups is 1. The summed E-state index contributed by atoms with van der Waals surface area (Å²) >= 11 is 0. The van der Waals surface area contributed by atoms with Crippen LogP contribution in [0.3, 0.4) is 0 Å². The van der Waals surface area contributed by atoms with Crippen LogP contribution in [0, 0.1) is 15.9 Å². The highest BCUT2D eigenvalue weighted by atomic mass is 19.1. The highest BCUT2D eigenvalue weighted by Crippen LogP contribution is 2.32. The van der Waals surface area contributed by atoms with Gasteiger partial charge in [0.2, 0.25) is 5.75 Å². The number of ether oxygens (including phenoxy) is 1. The fraction of sp³-hybridized carbons (Fsp3) is 0. The zero-order valence-electron chi connectivity index (χ0n) is 9.95. The van der Waals surface area contributed by atoms with Crippen LogP contribution in [-0.4, -0.2) is 16.0 Å². The molecule has 0 saturated heterocycles. The number of para-hydroxylation sites is 2. The van der Waals surface area contributed by atoms with E-state index in [0.29, 0.717) is 0 Å². The first kappa shape index (κ1) is 13.5. The van der Waals surface area contributed by atoms with Crippen molar-refractivity contribution in [3.8, 4) is 11.5 Å². The third-order valence-corrected chi connectivity index (χ3v) is 2.46. The number of carbonyl (C=O) groups is 1. The molecule has 0 aromatic heterocycles. The molecule has 0 radical (unpaired) electrons. The summed E-state index contributed by atoms with van der Waals surface area (Å²) in [6, 6.07) is 8.29. The van der Waals surface area contributed by atoms with Crippen molar-refractivity contribution in [1.29, 1.82) is 0 Å². The maximum Gasteiger partial charge on any atom is 0.339 e. The Balaban J connectivity index is 2.47. The molecule has 7 heteroatoms. The molecule has 0 bridgehead atoms. The molecule has 0 aliphatic carbocycles. The number of aromatic carboxylic acids is 1. The largest absolute Gasteiger partial charge is 0.478 e. The molecule has 2 rings (SSSR count). The summed E-state index contributed by atoms with van der Waals surface area (Å²) in [5.74, 6) is -2.49. The van der Waals surface area contributed by atoms with Crippen LogP contribution in [0.25, 0.3) is 0 Å². The van der Waals surface area contributed by atoms with E-state index in [4.69, 9.17) is 9.84 Å². The van der Waals surface area contributed by atoms with Gasteiger partial charge in [0.15, 0.2) is 0 Å². The summed E-state index contributed by atoms with van der Waals surface area (Å²) in [7, 11) is 0. The van der Waals surface area contributed by atoms with E-state index >= 15 is 0 Å². The van der Waals surface area contributed by atoms with Gasteiger partial charge in [0.1, 0.15) is 17.1 Å². The molecule has 20 heavy (non-hydrogen) atoms. The number of nitrogens with zero attached hydrogens (tertiary/aromatic N) is 1. The molecule has 0 aliphatic heterocycles. The Kier molecular flexibility index (Phi) is 3.60. The molecule has 0 aliphatic rings. The van der Waals surface area contributed by atoms with Crippen molar-refractivity contribution >= 4 is 11.7 Å². The summed E-state index contributed by atoms with van der Waals surface area (Å²) in [6.07, 6.45) is 0. The summed E-state index contributed by atoms with van der Waals surface area (Å²) in [5, 5.41) is 19.8. The van der Waals surface area contributed by atoms with Crippen molar-refractivity contribution in [3.05, 3.63) is 64.0 Å². The van der Waals surface area contributed by atoms with Crippen LogP contribution in [0.1, 0.15) is 10.4 Å². The maximum atomic E-state index is 13.2. The molecule has 102 valence electrons. The number of nitro benzene ring substituents is 1. The second kappa shape index (κ2) is 5.35. The van der Waals surface area contributed by atoms with Crippen LogP contribution >= 0.6 is 0 Å². The molecule has 0 amide bonds. The average Bonchev–Trinajstić information content (AvgIpc) is 2.38. The Hall–Kier alpha value is -2.96. The normalized spacial score (nSPS) is 10.1. The Morgan fingerprint density at radius 3 is 2.55 bits per heavy atom. The van der Waals surface area contributed by atoms with Crippen LogP contribution in [0.4, 0.5) is 10.1 Å². The minimum absolute atomic E-state index is 0.161. The number of hydrogen-bond acceptors (Lipinski definition) is 4. The highest BCUT2D eigenvalue weighted by molar-refractivity contribution is 5.91. The number of halogens is 1. The summed E-state index contributed by atoms with van der Waals surface area (Å²) < 4.78 is 18.3. The number of carboxylic acid groups (broad SMARTS) is 1. The first-order valence-electron chi connectivity index (χ1n) is 5.43. The van der Waals surface area contributed by atoms with Crippen LogP contribution in [-0.2, 0) is 0 Å². The standard InChI is InChI=1S/C13H8FNO5/c14-8-5-6-9(13(16)17)12(7-8)20-11-4-2-1-3-10(11)15(18)19/h1-7H,(H,16,17). The quantitative estimate of drug-likeness (QED) is 0.684. The molecule has 0 spiro atoms. The molecule has 0 saturated carbocycles. The van der Waals surface area contributed by atoms with Crippen molar-refractivity contribution in [2.45, 2.75) is 0 Å². The van der Waals surface area contributed by atoms with Gasteiger partial charge in [-0.1, -0.05) is 12.1 Å². The second-order valence-electron chi connectivity index (χ2n) is 3.77. The van der Waals surface area contributed by atoms with E-state index < -0.39 is 16.7 Å². The number of benzene rings is 2. The summed E-state index contributed by atoms with van der Waals surface area (Å²) in [4.78, 5) is 21.2. The number of hydrogen-bond donors (Lipinski definition) is 1. The molecule has 0 atom stereocenters. The van der Waals surface area contributed by atoms with Gasteiger partial charge < -0.3 is 9.84 Å². The van der Waals surface area contributed by atoms with Gasteiger partial charge in [0, 0.05) is 12.1 Å². The van der Waals surface area contributed by atoms with E-state index in [1.54, 1.807) is 0 Å². The fourth-order valence-corrected chi connectivity index (χ4v) is 1.57. The van der Waals surface area contributed by atoms with Gasteiger partial charge >= 0.3 is 11.7 Å². The third kappa shape index (κ3) is 2.72.